The van der Waals surface area contributed by atoms with Crippen LogP contribution < -0.4 is 11.1 Å². The van der Waals surface area contributed by atoms with Gasteiger partial charge >= 0.3 is 0 Å². The molecule has 0 aromatic rings. The van der Waals surface area contributed by atoms with Crippen molar-refractivity contribution < 1.29 is 0 Å². The van der Waals surface area contributed by atoms with Gasteiger partial charge in [0.1, 0.15) is 0 Å². The zero-order chi connectivity index (χ0) is 12.0. The standard InChI is InChI=1S/C14H30N2/c1-11(2)14(9-15)10-16-12(3)13-7-5-4-6-8-13/h11-14,16H,4-10,15H2,1-3H3. The van der Waals surface area contributed by atoms with E-state index in [0.29, 0.717) is 17.9 Å². The lowest BCUT2D eigenvalue weighted by Gasteiger charge is -2.30. The molecular weight excluding hydrogens is 196 g/mol. The van der Waals surface area contributed by atoms with Gasteiger partial charge in [0.25, 0.3) is 0 Å². The van der Waals surface area contributed by atoms with Gasteiger partial charge in [-0.05, 0) is 50.6 Å². The second-order valence-corrected chi connectivity index (χ2v) is 5.83. The molecule has 2 unspecified atom stereocenters. The Kier molecular flexibility index (Phi) is 6.37. The summed E-state index contributed by atoms with van der Waals surface area (Å²) in [5, 5.41) is 3.70. The van der Waals surface area contributed by atoms with Crippen LogP contribution in [-0.2, 0) is 0 Å². The predicted molar refractivity (Wildman–Crippen MR) is 71.4 cm³/mol. The molecule has 0 bridgehead atoms. The molecule has 3 N–H and O–H groups in total. The SMILES string of the molecule is CC(C)C(CN)CNC(C)C1CCCCC1. The van der Waals surface area contributed by atoms with E-state index in [1.54, 1.807) is 0 Å². The Labute approximate surface area is 101 Å². The van der Waals surface area contributed by atoms with Crippen molar-refractivity contribution in [3.63, 3.8) is 0 Å². The number of nitrogens with one attached hydrogen (secondary N) is 1. The summed E-state index contributed by atoms with van der Waals surface area (Å²) in [6.07, 6.45) is 7.15. The minimum Gasteiger partial charge on any atom is -0.330 e. The fourth-order valence-electron chi connectivity index (χ4n) is 2.73. The molecule has 96 valence electrons. The number of hydrogen-bond acceptors (Lipinski definition) is 2. The van der Waals surface area contributed by atoms with Crippen molar-refractivity contribution >= 4 is 0 Å². The van der Waals surface area contributed by atoms with Crippen LogP contribution in [-0.4, -0.2) is 19.1 Å². The number of nitrogens with two attached hydrogens (primary N) is 1. The molecule has 0 aromatic heterocycles. The van der Waals surface area contributed by atoms with Crippen molar-refractivity contribution in [2.45, 2.75) is 58.9 Å². The van der Waals surface area contributed by atoms with Gasteiger partial charge in [0.15, 0.2) is 0 Å². The summed E-state index contributed by atoms with van der Waals surface area (Å²) in [4.78, 5) is 0. The van der Waals surface area contributed by atoms with Crippen LogP contribution in [0.5, 0.6) is 0 Å². The molecule has 2 nitrogen and oxygen atoms in total. The highest BCUT2D eigenvalue weighted by Crippen LogP contribution is 2.26. The van der Waals surface area contributed by atoms with Gasteiger partial charge in [-0.2, -0.15) is 0 Å². The molecule has 1 saturated carbocycles. The van der Waals surface area contributed by atoms with Crippen LogP contribution in [0.4, 0.5) is 0 Å². The van der Waals surface area contributed by atoms with Crippen LogP contribution in [0.3, 0.4) is 0 Å². The van der Waals surface area contributed by atoms with E-state index in [0.717, 1.165) is 19.0 Å². The maximum Gasteiger partial charge on any atom is 0.00671 e. The third-order valence-corrected chi connectivity index (χ3v) is 4.30. The third-order valence-electron chi connectivity index (χ3n) is 4.30. The van der Waals surface area contributed by atoms with Crippen LogP contribution >= 0.6 is 0 Å². The average molecular weight is 226 g/mol. The molecule has 1 fully saturated rings. The summed E-state index contributed by atoms with van der Waals surface area (Å²) in [5.74, 6) is 2.22. The normalized spacial score (nSPS) is 22.3. The van der Waals surface area contributed by atoms with Crippen molar-refractivity contribution in [2.24, 2.45) is 23.5 Å². The maximum atomic E-state index is 5.80. The monoisotopic (exact) mass is 226 g/mol. The largest absolute Gasteiger partial charge is 0.330 e. The lowest BCUT2D eigenvalue weighted by Crippen LogP contribution is -2.40. The lowest BCUT2D eigenvalue weighted by atomic mass is 9.84. The molecule has 1 aliphatic rings. The summed E-state index contributed by atoms with van der Waals surface area (Å²) in [6.45, 7) is 8.78. The molecule has 1 rings (SSSR count). The molecule has 0 amide bonds. The van der Waals surface area contributed by atoms with Gasteiger partial charge in [0.05, 0.1) is 0 Å². The predicted octanol–water partition coefficient (Wildman–Crippen LogP) is 2.78. The van der Waals surface area contributed by atoms with Crippen molar-refractivity contribution in [1.29, 1.82) is 0 Å². The van der Waals surface area contributed by atoms with Crippen LogP contribution in [0.15, 0.2) is 0 Å². The molecule has 0 aromatic carbocycles. The van der Waals surface area contributed by atoms with Gasteiger partial charge in [-0.3, -0.25) is 0 Å². The topological polar surface area (TPSA) is 38.0 Å². The van der Waals surface area contributed by atoms with Crippen molar-refractivity contribution in [3.05, 3.63) is 0 Å². The summed E-state index contributed by atoms with van der Waals surface area (Å²) < 4.78 is 0. The van der Waals surface area contributed by atoms with Crippen molar-refractivity contribution in [3.8, 4) is 0 Å². The van der Waals surface area contributed by atoms with Gasteiger partial charge in [-0.15, -0.1) is 0 Å². The molecule has 0 aliphatic heterocycles. The Morgan fingerprint density at radius 2 is 1.75 bits per heavy atom. The highest BCUT2D eigenvalue weighted by molar-refractivity contribution is 4.77. The zero-order valence-corrected chi connectivity index (χ0v) is 11.3. The van der Waals surface area contributed by atoms with Crippen LogP contribution in [0.25, 0.3) is 0 Å². The highest BCUT2D eigenvalue weighted by Gasteiger charge is 2.20. The molecule has 2 heteroatoms. The van der Waals surface area contributed by atoms with E-state index in [1.807, 2.05) is 0 Å². The quantitative estimate of drug-likeness (QED) is 0.731. The van der Waals surface area contributed by atoms with Gasteiger partial charge in [-0.25, -0.2) is 0 Å². The van der Waals surface area contributed by atoms with E-state index in [4.69, 9.17) is 5.73 Å². The first-order chi connectivity index (χ1) is 7.65. The Morgan fingerprint density at radius 1 is 1.12 bits per heavy atom. The minimum atomic E-state index is 0.631. The van der Waals surface area contributed by atoms with E-state index in [2.05, 4.69) is 26.1 Å². The summed E-state index contributed by atoms with van der Waals surface area (Å²) in [7, 11) is 0. The fourth-order valence-corrected chi connectivity index (χ4v) is 2.73. The first kappa shape index (κ1) is 14.0. The second kappa shape index (κ2) is 7.29. The second-order valence-electron chi connectivity index (χ2n) is 5.83. The van der Waals surface area contributed by atoms with E-state index >= 15 is 0 Å². The first-order valence-electron chi connectivity index (χ1n) is 7.08. The Morgan fingerprint density at radius 3 is 2.25 bits per heavy atom. The van der Waals surface area contributed by atoms with Crippen LogP contribution in [0, 0.1) is 17.8 Å². The Hall–Kier alpha value is -0.0800. The Bertz CT molecular complexity index is 174. The molecule has 2 atom stereocenters. The van der Waals surface area contributed by atoms with Gasteiger partial charge < -0.3 is 11.1 Å². The highest BCUT2D eigenvalue weighted by atomic mass is 14.9. The molecule has 0 saturated heterocycles. The maximum absolute atomic E-state index is 5.80. The summed E-state index contributed by atoms with van der Waals surface area (Å²) >= 11 is 0. The summed E-state index contributed by atoms with van der Waals surface area (Å²) in [5.41, 5.74) is 5.80. The third kappa shape index (κ3) is 4.42. The number of rotatable bonds is 6. The van der Waals surface area contributed by atoms with Crippen molar-refractivity contribution in [1.82, 2.24) is 5.32 Å². The van der Waals surface area contributed by atoms with Crippen LogP contribution in [0.1, 0.15) is 52.9 Å². The van der Waals surface area contributed by atoms with Crippen molar-refractivity contribution in [2.75, 3.05) is 13.1 Å². The fraction of sp³-hybridized carbons (Fsp3) is 1.00. The summed E-state index contributed by atoms with van der Waals surface area (Å²) in [6, 6.07) is 0.674. The minimum absolute atomic E-state index is 0.631. The van der Waals surface area contributed by atoms with E-state index < -0.39 is 0 Å². The van der Waals surface area contributed by atoms with Gasteiger partial charge in [-0.1, -0.05) is 33.1 Å². The Balaban J connectivity index is 2.24. The lowest BCUT2D eigenvalue weighted by molar-refractivity contribution is 0.260. The molecule has 16 heavy (non-hydrogen) atoms. The van der Waals surface area contributed by atoms with Gasteiger partial charge in [0.2, 0.25) is 0 Å². The smallest absolute Gasteiger partial charge is 0.00671 e. The molecular formula is C14H30N2. The van der Waals surface area contributed by atoms with Crippen LogP contribution in [0.2, 0.25) is 0 Å². The van der Waals surface area contributed by atoms with E-state index in [9.17, 15) is 0 Å². The average Bonchev–Trinajstić information content (AvgIpc) is 2.30. The van der Waals surface area contributed by atoms with E-state index in [1.165, 1.54) is 32.1 Å². The zero-order valence-electron chi connectivity index (χ0n) is 11.3. The van der Waals surface area contributed by atoms with E-state index in [-0.39, 0.29) is 0 Å². The number of hydrogen-bond donors (Lipinski definition) is 2. The first-order valence-corrected chi connectivity index (χ1v) is 7.08. The molecule has 0 radical (unpaired) electrons. The van der Waals surface area contributed by atoms with Gasteiger partial charge in [0, 0.05) is 6.04 Å². The molecule has 0 spiro atoms. The molecule has 0 heterocycles. The molecule has 1 aliphatic carbocycles.